The fourth-order valence-corrected chi connectivity index (χ4v) is 3.85. The van der Waals surface area contributed by atoms with E-state index in [2.05, 4.69) is 10.4 Å². The minimum atomic E-state index is -0.368. The van der Waals surface area contributed by atoms with Gasteiger partial charge in [0.15, 0.2) is 11.6 Å². The van der Waals surface area contributed by atoms with Gasteiger partial charge in [-0.1, -0.05) is 60.1 Å². The van der Waals surface area contributed by atoms with Crippen LogP contribution in [0.15, 0.2) is 89.3 Å². The summed E-state index contributed by atoms with van der Waals surface area (Å²) in [5.41, 5.74) is 1.99. The molecule has 0 fully saturated rings. The van der Waals surface area contributed by atoms with Crippen molar-refractivity contribution in [3.05, 3.63) is 113 Å². The molecule has 2 aromatic heterocycles. The molecular formula is C27H22ClN3O3. The molecular weight excluding hydrogens is 450 g/mol. The van der Waals surface area contributed by atoms with E-state index in [0.29, 0.717) is 23.1 Å². The van der Waals surface area contributed by atoms with Gasteiger partial charge in [0.1, 0.15) is 18.1 Å². The average Bonchev–Trinajstić information content (AvgIpc) is 3.45. The molecule has 0 aliphatic rings. The Kier molecular flexibility index (Phi) is 6.06. The van der Waals surface area contributed by atoms with Crippen molar-refractivity contribution in [3.63, 3.8) is 0 Å². The number of fused-ring (bicyclic) bond motifs is 1. The Morgan fingerprint density at radius 1 is 1.03 bits per heavy atom. The zero-order valence-corrected chi connectivity index (χ0v) is 19.3. The van der Waals surface area contributed by atoms with Crippen LogP contribution in [0.2, 0.25) is 5.02 Å². The molecule has 3 aromatic carbocycles. The fraction of sp³-hybridized carbons (Fsp3) is 0.111. The van der Waals surface area contributed by atoms with E-state index < -0.39 is 0 Å². The second-order valence-corrected chi connectivity index (χ2v) is 8.38. The van der Waals surface area contributed by atoms with Gasteiger partial charge in [-0.15, -0.1) is 0 Å². The number of aryl methyl sites for hydroxylation is 1. The Morgan fingerprint density at radius 3 is 2.68 bits per heavy atom. The number of carbonyl (C=O) groups is 1. The Labute approximate surface area is 201 Å². The predicted octanol–water partition coefficient (Wildman–Crippen LogP) is 6.47. The van der Waals surface area contributed by atoms with Crippen LogP contribution >= 0.6 is 11.6 Å². The summed E-state index contributed by atoms with van der Waals surface area (Å²) in [5.74, 6) is 1.61. The molecule has 0 bridgehead atoms. The number of carbonyl (C=O) groups excluding carboxylic acids is 1. The van der Waals surface area contributed by atoms with Gasteiger partial charge in [-0.3, -0.25) is 9.48 Å². The Morgan fingerprint density at radius 2 is 1.82 bits per heavy atom. The average molecular weight is 472 g/mol. The van der Waals surface area contributed by atoms with E-state index >= 15 is 0 Å². The van der Waals surface area contributed by atoms with Crippen molar-refractivity contribution in [1.82, 2.24) is 9.78 Å². The molecule has 0 unspecified atom stereocenters. The van der Waals surface area contributed by atoms with E-state index in [0.717, 1.165) is 27.8 Å². The summed E-state index contributed by atoms with van der Waals surface area (Å²) in [7, 11) is 0. The van der Waals surface area contributed by atoms with E-state index in [4.69, 9.17) is 20.8 Å². The highest BCUT2D eigenvalue weighted by molar-refractivity contribution is 6.30. The van der Waals surface area contributed by atoms with Crippen molar-refractivity contribution in [3.8, 4) is 5.75 Å². The highest BCUT2D eigenvalue weighted by Crippen LogP contribution is 2.26. The molecule has 6 nitrogen and oxygen atoms in total. The van der Waals surface area contributed by atoms with Crippen molar-refractivity contribution in [2.75, 3.05) is 5.32 Å². The minimum absolute atomic E-state index is 0.196. The summed E-state index contributed by atoms with van der Waals surface area (Å²) >= 11 is 5.95. The van der Waals surface area contributed by atoms with Crippen LogP contribution in [0.4, 0.5) is 5.82 Å². The van der Waals surface area contributed by atoms with Crippen LogP contribution in [-0.4, -0.2) is 15.7 Å². The van der Waals surface area contributed by atoms with Crippen LogP contribution in [-0.2, 0) is 13.2 Å². The van der Waals surface area contributed by atoms with E-state index in [1.165, 1.54) is 0 Å². The number of ether oxygens (including phenoxy) is 1. The van der Waals surface area contributed by atoms with Crippen molar-refractivity contribution in [1.29, 1.82) is 0 Å². The molecule has 5 aromatic rings. The summed E-state index contributed by atoms with van der Waals surface area (Å²) in [6.07, 6.45) is 0. The lowest BCUT2D eigenvalue weighted by Crippen LogP contribution is -2.12. The Bertz CT molecular complexity index is 1450. The number of aromatic nitrogens is 2. The number of halogens is 1. The topological polar surface area (TPSA) is 69.3 Å². The summed E-state index contributed by atoms with van der Waals surface area (Å²) in [6.45, 7) is 2.74. The quantitative estimate of drug-likeness (QED) is 0.295. The maximum Gasteiger partial charge on any atom is 0.292 e. The molecule has 0 saturated carbocycles. The van der Waals surface area contributed by atoms with Gasteiger partial charge in [0.05, 0.1) is 6.54 Å². The van der Waals surface area contributed by atoms with Gasteiger partial charge in [0.2, 0.25) is 0 Å². The Balaban J connectivity index is 1.22. The van der Waals surface area contributed by atoms with Crippen molar-refractivity contribution >= 4 is 34.1 Å². The summed E-state index contributed by atoms with van der Waals surface area (Å²) < 4.78 is 13.5. The number of benzene rings is 3. The number of furan rings is 1. The highest BCUT2D eigenvalue weighted by Gasteiger charge is 2.15. The first-order valence-corrected chi connectivity index (χ1v) is 11.2. The van der Waals surface area contributed by atoms with Gasteiger partial charge < -0.3 is 14.5 Å². The smallest absolute Gasteiger partial charge is 0.292 e. The first-order chi connectivity index (χ1) is 16.5. The first kappa shape index (κ1) is 21.8. The van der Waals surface area contributed by atoms with Crippen molar-refractivity contribution < 1.29 is 13.9 Å². The number of anilines is 1. The van der Waals surface area contributed by atoms with Gasteiger partial charge in [0.25, 0.3) is 5.91 Å². The number of nitrogens with one attached hydrogen (secondary N) is 1. The number of nitrogens with zero attached hydrogens (tertiary/aromatic N) is 2. The minimum Gasteiger partial charge on any atom is -0.485 e. The molecule has 7 heteroatoms. The van der Waals surface area contributed by atoms with Gasteiger partial charge >= 0.3 is 0 Å². The molecule has 170 valence electrons. The summed E-state index contributed by atoms with van der Waals surface area (Å²) in [6, 6.07) is 26.7. The summed E-state index contributed by atoms with van der Waals surface area (Å²) in [4.78, 5) is 12.7. The largest absolute Gasteiger partial charge is 0.485 e. The second kappa shape index (κ2) is 9.45. The molecule has 5 rings (SSSR count). The molecule has 2 heterocycles. The molecule has 0 aliphatic carbocycles. The lowest BCUT2D eigenvalue weighted by Gasteiger charge is -2.07. The highest BCUT2D eigenvalue weighted by atomic mass is 35.5. The number of amides is 1. The fourth-order valence-electron chi connectivity index (χ4n) is 3.72. The molecule has 0 radical (unpaired) electrons. The van der Waals surface area contributed by atoms with E-state index in [1.807, 2.05) is 84.4 Å². The predicted molar refractivity (Wildman–Crippen MR) is 132 cm³/mol. The van der Waals surface area contributed by atoms with Gasteiger partial charge in [-0.05, 0) is 48.2 Å². The lowest BCUT2D eigenvalue weighted by atomic mass is 10.1. The van der Waals surface area contributed by atoms with Gasteiger partial charge in [-0.25, -0.2) is 0 Å². The van der Waals surface area contributed by atoms with Gasteiger partial charge in [-0.2, -0.15) is 5.10 Å². The zero-order chi connectivity index (χ0) is 23.5. The number of hydrogen-bond acceptors (Lipinski definition) is 4. The van der Waals surface area contributed by atoms with Crippen LogP contribution < -0.4 is 10.1 Å². The normalized spacial score (nSPS) is 11.0. The molecule has 0 aliphatic heterocycles. The standard InChI is InChI=1S/C27H22ClN3O3/c1-18-15-26(30-31(18)16-19-9-11-21(28)12-10-19)29-27(32)25-14-13-22(34-25)17-33-24-8-4-6-20-5-2-3-7-23(20)24/h2-15H,16-17H2,1H3,(H,29,30,32). The third-order valence-electron chi connectivity index (χ3n) is 5.47. The molecule has 1 amide bonds. The summed E-state index contributed by atoms with van der Waals surface area (Å²) in [5, 5.41) is 10.1. The maximum atomic E-state index is 12.7. The third-order valence-corrected chi connectivity index (χ3v) is 5.73. The van der Waals surface area contributed by atoms with Crippen LogP contribution in [0.5, 0.6) is 5.75 Å². The molecule has 34 heavy (non-hydrogen) atoms. The maximum absolute atomic E-state index is 12.7. The van der Waals surface area contributed by atoms with E-state index in [-0.39, 0.29) is 18.3 Å². The molecule has 0 saturated heterocycles. The van der Waals surface area contributed by atoms with E-state index in [9.17, 15) is 4.79 Å². The third kappa shape index (κ3) is 4.82. The Hall–Kier alpha value is -4.03. The monoisotopic (exact) mass is 471 g/mol. The molecule has 0 spiro atoms. The molecule has 1 N–H and O–H groups in total. The second-order valence-electron chi connectivity index (χ2n) is 7.94. The van der Waals surface area contributed by atoms with Crippen LogP contribution in [0.3, 0.4) is 0 Å². The van der Waals surface area contributed by atoms with Crippen LogP contribution in [0, 0.1) is 6.92 Å². The van der Waals surface area contributed by atoms with Crippen LogP contribution in [0.1, 0.15) is 27.6 Å². The van der Waals surface area contributed by atoms with Crippen molar-refractivity contribution in [2.24, 2.45) is 0 Å². The van der Waals surface area contributed by atoms with Gasteiger partial charge in [0, 0.05) is 22.2 Å². The van der Waals surface area contributed by atoms with Crippen molar-refractivity contribution in [2.45, 2.75) is 20.1 Å². The SMILES string of the molecule is Cc1cc(NC(=O)c2ccc(COc3cccc4ccccc34)o2)nn1Cc1ccc(Cl)cc1. The zero-order valence-electron chi connectivity index (χ0n) is 18.5. The van der Waals surface area contributed by atoms with Crippen LogP contribution in [0.25, 0.3) is 10.8 Å². The lowest BCUT2D eigenvalue weighted by molar-refractivity contribution is 0.0992. The molecule has 0 atom stereocenters. The van der Waals surface area contributed by atoms with E-state index in [1.54, 1.807) is 12.1 Å². The first-order valence-electron chi connectivity index (χ1n) is 10.8. The number of hydrogen-bond donors (Lipinski definition) is 1. The number of rotatable bonds is 7.